The maximum atomic E-state index is 12.1. The second-order valence-corrected chi connectivity index (χ2v) is 4.22. The van der Waals surface area contributed by atoms with Crippen molar-refractivity contribution in [3.05, 3.63) is 59.7 Å². The molecule has 6 nitrogen and oxygen atoms in total. The molecular weight excluding hydrogens is 268 g/mol. The van der Waals surface area contributed by atoms with Crippen molar-refractivity contribution in [2.75, 3.05) is 10.6 Å². The zero-order valence-electron chi connectivity index (χ0n) is 11.0. The highest BCUT2D eigenvalue weighted by molar-refractivity contribution is 6.04. The number of amides is 3. The summed E-state index contributed by atoms with van der Waals surface area (Å²) in [5, 5.41) is 13.9. The predicted octanol–water partition coefficient (Wildman–Crippen LogP) is 2.30. The SMILES string of the molecule is N#Cc1cccc(C(=O)Nc2cccc(NC(N)=O)c2)c1. The molecule has 6 heteroatoms. The van der Waals surface area contributed by atoms with Gasteiger partial charge in [0.05, 0.1) is 11.6 Å². The lowest BCUT2D eigenvalue weighted by atomic mass is 10.1. The highest BCUT2D eigenvalue weighted by Crippen LogP contribution is 2.16. The Hall–Kier alpha value is -3.33. The van der Waals surface area contributed by atoms with Gasteiger partial charge in [-0.1, -0.05) is 12.1 Å². The Morgan fingerprint density at radius 3 is 2.33 bits per heavy atom. The summed E-state index contributed by atoms with van der Waals surface area (Å²) in [6, 6.07) is 14.2. The van der Waals surface area contributed by atoms with E-state index in [-0.39, 0.29) is 5.91 Å². The number of nitrogens with two attached hydrogens (primary N) is 1. The Balaban J connectivity index is 2.15. The maximum absolute atomic E-state index is 12.1. The number of nitrogens with zero attached hydrogens (tertiary/aromatic N) is 1. The summed E-state index contributed by atoms with van der Waals surface area (Å²) >= 11 is 0. The molecule has 0 saturated carbocycles. The first kappa shape index (κ1) is 14.1. The summed E-state index contributed by atoms with van der Waals surface area (Å²) in [6.07, 6.45) is 0. The number of hydrogen-bond acceptors (Lipinski definition) is 3. The maximum Gasteiger partial charge on any atom is 0.316 e. The molecule has 21 heavy (non-hydrogen) atoms. The molecule has 2 rings (SSSR count). The Labute approximate surface area is 121 Å². The fraction of sp³-hybridized carbons (Fsp3) is 0. The van der Waals surface area contributed by atoms with Crippen molar-refractivity contribution in [3.8, 4) is 6.07 Å². The Morgan fingerprint density at radius 1 is 1.00 bits per heavy atom. The van der Waals surface area contributed by atoms with Crippen LogP contribution in [0.5, 0.6) is 0 Å². The first-order valence-corrected chi connectivity index (χ1v) is 6.06. The van der Waals surface area contributed by atoms with Crippen LogP contribution < -0.4 is 16.4 Å². The molecule has 0 aliphatic heterocycles. The van der Waals surface area contributed by atoms with Gasteiger partial charge in [-0.2, -0.15) is 5.26 Å². The number of benzene rings is 2. The van der Waals surface area contributed by atoms with Crippen LogP contribution in [0.2, 0.25) is 0 Å². The summed E-state index contributed by atoms with van der Waals surface area (Å²) in [4.78, 5) is 22.9. The van der Waals surface area contributed by atoms with Crippen molar-refractivity contribution in [1.29, 1.82) is 5.26 Å². The zero-order valence-corrected chi connectivity index (χ0v) is 11.0. The summed E-state index contributed by atoms with van der Waals surface area (Å²) in [5.41, 5.74) is 6.80. The number of carbonyl (C=O) groups excluding carboxylic acids is 2. The molecule has 0 atom stereocenters. The number of anilines is 2. The molecule has 0 aliphatic rings. The van der Waals surface area contributed by atoms with Crippen molar-refractivity contribution >= 4 is 23.3 Å². The number of hydrogen-bond donors (Lipinski definition) is 3. The fourth-order valence-corrected chi connectivity index (χ4v) is 1.75. The van der Waals surface area contributed by atoms with E-state index in [9.17, 15) is 9.59 Å². The largest absolute Gasteiger partial charge is 0.351 e. The molecule has 3 amide bonds. The van der Waals surface area contributed by atoms with Gasteiger partial charge in [0.1, 0.15) is 0 Å². The van der Waals surface area contributed by atoms with E-state index < -0.39 is 6.03 Å². The third-order valence-electron chi connectivity index (χ3n) is 2.64. The summed E-state index contributed by atoms with van der Waals surface area (Å²) in [7, 11) is 0. The number of urea groups is 1. The van der Waals surface area contributed by atoms with Gasteiger partial charge in [-0.3, -0.25) is 4.79 Å². The molecule has 0 unspecified atom stereocenters. The second kappa shape index (κ2) is 6.21. The van der Waals surface area contributed by atoms with Crippen LogP contribution in [0, 0.1) is 11.3 Å². The molecule has 0 bridgehead atoms. The standard InChI is InChI=1S/C15H12N4O2/c16-9-10-3-1-4-11(7-10)14(20)18-12-5-2-6-13(8-12)19-15(17)21/h1-8H,(H,18,20)(H3,17,19,21). The van der Waals surface area contributed by atoms with Gasteiger partial charge in [0, 0.05) is 16.9 Å². The van der Waals surface area contributed by atoms with Crippen LogP contribution in [0.3, 0.4) is 0 Å². The third-order valence-corrected chi connectivity index (χ3v) is 2.64. The average Bonchev–Trinajstić information content (AvgIpc) is 2.47. The molecule has 0 radical (unpaired) electrons. The van der Waals surface area contributed by atoms with E-state index in [1.807, 2.05) is 6.07 Å². The lowest BCUT2D eigenvalue weighted by Crippen LogP contribution is -2.19. The molecule has 2 aromatic rings. The zero-order chi connectivity index (χ0) is 15.2. The van der Waals surface area contributed by atoms with Gasteiger partial charge in [0.2, 0.25) is 0 Å². The molecular formula is C15H12N4O2. The van der Waals surface area contributed by atoms with Gasteiger partial charge < -0.3 is 16.4 Å². The van der Waals surface area contributed by atoms with Crippen molar-refractivity contribution < 1.29 is 9.59 Å². The summed E-state index contributed by atoms with van der Waals surface area (Å²) in [5.74, 6) is -0.344. The smallest absolute Gasteiger partial charge is 0.316 e. The Bertz CT molecular complexity index is 734. The van der Waals surface area contributed by atoms with E-state index in [2.05, 4.69) is 10.6 Å². The first-order valence-electron chi connectivity index (χ1n) is 6.06. The van der Waals surface area contributed by atoms with Crippen LogP contribution in [0.1, 0.15) is 15.9 Å². The number of nitrogens with one attached hydrogen (secondary N) is 2. The lowest BCUT2D eigenvalue weighted by molar-refractivity contribution is 0.102. The van der Waals surface area contributed by atoms with Crippen LogP contribution in [0.15, 0.2) is 48.5 Å². The van der Waals surface area contributed by atoms with Crippen LogP contribution >= 0.6 is 0 Å². The van der Waals surface area contributed by atoms with Crippen LogP contribution in [0.4, 0.5) is 16.2 Å². The molecule has 2 aromatic carbocycles. The number of nitriles is 1. The van der Waals surface area contributed by atoms with E-state index in [1.165, 1.54) is 6.07 Å². The molecule has 4 N–H and O–H groups in total. The van der Waals surface area contributed by atoms with Crippen molar-refractivity contribution in [3.63, 3.8) is 0 Å². The van der Waals surface area contributed by atoms with E-state index in [0.29, 0.717) is 22.5 Å². The number of primary amides is 1. The van der Waals surface area contributed by atoms with Crippen molar-refractivity contribution in [1.82, 2.24) is 0 Å². The highest BCUT2D eigenvalue weighted by Gasteiger charge is 2.07. The van der Waals surface area contributed by atoms with E-state index in [4.69, 9.17) is 11.0 Å². The predicted molar refractivity (Wildman–Crippen MR) is 78.8 cm³/mol. The minimum Gasteiger partial charge on any atom is -0.351 e. The summed E-state index contributed by atoms with van der Waals surface area (Å²) < 4.78 is 0. The first-order chi connectivity index (χ1) is 10.1. The van der Waals surface area contributed by atoms with Gasteiger partial charge in [-0.05, 0) is 36.4 Å². The van der Waals surface area contributed by atoms with E-state index in [0.717, 1.165) is 0 Å². The molecule has 0 aliphatic carbocycles. The van der Waals surface area contributed by atoms with Crippen molar-refractivity contribution in [2.24, 2.45) is 5.73 Å². The summed E-state index contributed by atoms with van der Waals surface area (Å²) in [6.45, 7) is 0. The van der Waals surface area contributed by atoms with E-state index >= 15 is 0 Å². The van der Waals surface area contributed by atoms with Crippen LogP contribution in [-0.2, 0) is 0 Å². The average molecular weight is 280 g/mol. The second-order valence-electron chi connectivity index (χ2n) is 4.22. The van der Waals surface area contributed by atoms with Gasteiger partial charge in [0.25, 0.3) is 5.91 Å². The topological polar surface area (TPSA) is 108 Å². The van der Waals surface area contributed by atoms with Gasteiger partial charge in [0.15, 0.2) is 0 Å². The normalized spacial score (nSPS) is 9.48. The Kier molecular flexibility index (Phi) is 4.17. The molecule has 0 heterocycles. The molecule has 104 valence electrons. The molecule has 0 saturated heterocycles. The fourth-order valence-electron chi connectivity index (χ4n) is 1.75. The van der Waals surface area contributed by atoms with E-state index in [1.54, 1.807) is 42.5 Å². The van der Waals surface area contributed by atoms with Crippen molar-refractivity contribution in [2.45, 2.75) is 0 Å². The minimum atomic E-state index is -0.680. The third kappa shape index (κ3) is 3.81. The van der Waals surface area contributed by atoms with Gasteiger partial charge in [-0.25, -0.2) is 4.79 Å². The Morgan fingerprint density at radius 2 is 1.67 bits per heavy atom. The van der Waals surface area contributed by atoms with Gasteiger partial charge in [-0.15, -0.1) is 0 Å². The van der Waals surface area contributed by atoms with Crippen LogP contribution in [0.25, 0.3) is 0 Å². The molecule has 0 aromatic heterocycles. The van der Waals surface area contributed by atoms with Crippen LogP contribution in [-0.4, -0.2) is 11.9 Å². The number of rotatable bonds is 3. The minimum absolute atomic E-state index is 0.344. The molecule has 0 fully saturated rings. The number of carbonyl (C=O) groups is 2. The quantitative estimate of drug-likeness (QED) is 0.802. The monoisotopic (exact) mass is 280 g/mol. The van der Waals surface area contributed by atoms with Gasteiger partial charge >= 0.3 is 6.03 Å². The molecule has 0 spiro atoms. The lowest BCUT2D eigenvalue weighted by Gasteiger charge is -2.08. The highest BCUT2D eigenvalue weighted by atomic mass is 16.2.